The van der Waals surface area contributed by atoms with Crippen molar-refractivity contribution in [3.63, 3.8) is 0 Å². The van der Waals surface area contributed by atoms with Crippen molar-refractivity contribution in [1.29, 1.82) is 0 Å². The van der Waals surface area contributed by atoms with Gasteiger partial charge in [-0.25, -0.2) is 4.98 Å². The van der Waals surface area contributed by atoms with Crippen molar-refractivity contribution in [2.45, 2.75) is 18.9 Å². The second kappa shape index (κ2) is 2.70. The Balaban J connectivity index is 2.06. The van der Waals surface area contributed by atoms with Crippen LogP contribution in [0.3, 0.4) is 0 Å². The number of hydrogen-bond acceptors (Lipinski definition) is 2. The lowest BCUT2D eigenvalue weighted by Gasteiger charge is -2.01. The molecule has 0 radical (unpaired) electrons. The lowest BCUT2D eigenvalue weighted by Crippen LogP contribution is -1.95. The van der Waals surface area contributed by atoms with Crippen LogP contribution in [0.25, 0.3) is 0 Å². The Morgan fingerprint density at radius 2 is 2.27 bits per heavy atom. The predicted molar refractivity (Wildman–Crippen MR) is 42.9 cm³/mol. The van der Waals surface area contributed by atoms with E-state index in [4.69, 9.17) is 16.3 Å². The molecule has 58 valence electrons. The van der Waals surface area contributed by atoms with Crippen molar-refractivity contribution < 1.29 is 4.74 Å². The largest absolute Gasteiger partial charge is 0.489 e. The van der Waals surface area contributed by atoms with Gasteiger partial charge >= 0.3 is 0 Å². The summed E-state index contributed by atoms with van der Waals surface area (Å²) in [5, 5.41) is 0.508. The molecule has 0 aromatic carbocycles. The minimum absolute atomic E-state index is 0.429. The van der Waals surface area contributed by atoms with Crippen LogP contribution in [0.1, 0.15) is 12.8 Å². The first-order valence-corrected chi connectivity index (χ1v) is 4.00. The molecule has 0 saturated heterocycles. The number of rotatable bonds is 2. The first-order valence-electron chi connectivity index (χ1n) is 3.63. The summed E-state index contributed by atoms with van der Waals surface area (Å²) in [6.45, 7) is 0. The van der Waals surface area contributed by atoms with E-state index in [0.717, 1.165) is 5.75 Å². The number of halogens is 1. The van der Waals surface area contributed by atoms with Gasteiger partial charge in [0.15, 0.2) is 0 Å². The third-order valence-electron chi connectivity index (χ3n) is 1.53. The maximum atomic E-state index is 5.60. The van der Waals surface area contributed by atoms with Crippen molar-refractivity contribution in [3.05, 3.63) is 23.5 Å². The van der Waals surface area contributed by atoms with Crippen LogP contribution in [0.2, 0.25) is 5.15 Å². The first-order chi connectivity index (χ1) is 5.34. The fourth-order valence-corrected chi connectivity index (χ4v) is 0.922. The zero-order valence-corrected chi connectivity index (χ0v) is 6.71. The normalized spacial score (nSPS) is 16.5. The molecule has 0 bridgehead atoms. The van der Waals surface area contributed by atoms with Crippen LogP contribution in [0.4, 0.5) is 0 Å². The summed E-state index contributed by atoms with van der Waals surface area (Å²) in [7, 11) is 0. The second-order valence-electron chi connectivity index (χ2n) is 2.63. The summed E-state index contributed by atoms with van der Waals surface area (Å²) < 4.78 is 5.46. The van der Waals surface area contributed by atoms with E-state index in [1.165, 1.54) is 12.8 Å². The fourth-order valence-electron chi connectivity index (χ4n) is 0.810. The van der Waals surface area contributed by atoms with E-state index in [2.05, 4.69) is 4.98 Å². The van der Waals surface area contributed by atoms with E-state index >= 15 is 0 Å². The predicted octanol–water partition coefficient (Wildman–Crippen LogP) is 2.28. The summed E-state index contributed by atoms with van der Waals surface area (Å²) in [6.07, 6.45) is 4.42. The molecule has 0 spiro atoms. The summed E-state index contributed by atoms with van der Waals surface area (Å²) in [6, 6.07) is 3.58. The molecule has 1 aromatic rings. The maximum Gasteiger partial charge on any atom is 0.138 e. The van der Waals surface area contributed by atoms with Crippen LogP contribution in [-0.4, -0.2) is 11.1 Å². The molecule has 0 aliphatic heterocycles. The van der Waals surface area contributed by atoms with E-state index in [0.29, 0.717) is 11.3 Å². The van der Waals surface area contributed by atoms with Crippen LogP contribution in [0.15, 0.2) is 18.3 Å². The monoisotopic (exact) mass is 169 g/mol. The molecule has 0 amide bonds. The molecular formula is C8H8ClNO. The van der Waals surface area contributed by atoms with Gasteiger partial charge in [-0.05, 0) is 25.0 Å². The zero-order valence-electron chi connectivity index (χ0n) is 5.96. The van der Waals surface area contributed by atoms with Gasteiger partial charge in [0.25, 0.3) is 0 Å². The van der Waals surface area contributed by atoms with Gasteiger partial charge in [0, 0.05) is 0 Å². The standard InChI is InChI=1S/C8H8ClNO/c9-8-4-3-7(5-10-8)11-6-1-2-6/h3-6H,1-2H2. The highest BCUT2D eigenvalue weighted by molar-refractivity contribution is 6.29. The highest BCUT2D eigenvalue weighted by atomic mass is 35.5. The Labute approximate surface area is 70.2 Å². The van der Waals surface area contributed by atoms with Crippen molar-refractivity contribution in [2.75, 3.05) is 0 Å². The maximum absolute atomic E-state index is 5.60. The summed E-state index contributed by atoms with van der Waals surface area (Å²) in [4.78, 5) is 3.90. The number of hydrogen-bond donors (Lipinski definition) is 0. The molecule has 1 aliphatic carbocycles. The van der Waals surface area contributed by atoms with Gasteiger partial charge in [0.05, 0.1) is 12.3 Å². The van der Waals surface area contributed by atoms with E-state index in [9.17, 15) is 0 Å². The quantitative estimate of drug-likeness (QED) is 0.634. The summed E-state index contributed by atoms with van der Waals surface area (Å²) >= 11 is 5.60. The van der Waals surface area contributed by atoms with Gasteiger partial charge in [-0.2, -0.15) is 0 Å². The molecule has 11 heavy (non-hydrogen) atoms. The van der Waals surface area contributed by atoms with E-state index < -0.39 is 0 Å². The van der Waals surface area contributed by atoms with Crippen molar-refractivity contribution in [3.8, 4) is 5.75 Å². The van der Waals surface area contributed by atoms with Crippen molar-refractivity contribution in [1.82, 2.24) is 4.98 Å². The molecule has 2 rings (SSSR count). The topological polar surface area (TPSA) is 22.1 Å². The number of aromatic nitrogens is 1. The van der Waals surface area contributed by atoms with Gasteiger partial charge in [-0.1, -0.05) is 11.6 Å². The lowest BCUT2D eigenvalue weighted by molar-refractivity contribution is 0.302. The highest BCUT2D eigenvalue weighted by Crippen LogP contribution is 2.26. The minimum atomic E-state index is 0.429. The molecule has 1 aliphatic rings. The lowest BCUT2D eigenvalue weighted by atomic mass is 10.5. The SMILES string of the molecule is Clc1ccc(OC2CC2)cn1. The Hall–Kier alpha value is -0.760. The van der Waals surface area contributed by atoms with Gasteiger partial charge in [0.2, 0.25) is 0 Å². The second-order valence-corrected chi connectivity index (χ2v) is 3.02. The van der Waals surface area contributed by atoms with Crippen LogP contribution in [0.5, 0.6) is 5.75 Å². The molecule has 1 heterocycles. The van der Waals surface area contributed by atoms with Crippen LogP contribution >= 0.6 is 11.6 Å². The Morgan fingerprint density at radius 1 is 1.45 bits per heavy atom. The molecule has 0 atom stereocenters. The van der Waals surface area contributed by atoms with Gasteiger partial charge in [-0.3, -0.25) is 0 Å². The first kappa shape index (κ1) is 6.92. The van der Waals surface area contributed by atoms with Gasteiger partial charge in [-0.15, -0.1) is 0 Å². The van der Waals surface area contributed by atoms with E-state index in [1.54, 1.807) is 12.3 Å². The highest BCUT2D eigenvalue weighted by Gasteiger charge is 2.23. The molecule has 2 nitrogen and oxygen atoms in total. The Kier molecular flexibility index (Phi) is 1.70. The van der Waals surface area contributed by atoms with E-state index in [1.807, 2.05) is 6.07 Å². The van der Waals surface area contributed by atoms with Crippen molar-refractivity contribution in [2.24, 2.45) is 0 Å². The van der Waals surface area contributed by atoms with Crippen molar-refractivity contribution >= 4 is 11.6 Å². The number of pyridine rings is 1. The zero-order chi connectivity index (χ0) is 7.68. The summed E-state index contributed by atoms with van der Waals surface area (Å²) in [5.74, 6) is 0.817. The average molecular weight is 170 g/mol. The van der Waals surface area contributed by atoms with Gasteiger partial charge < -0.3 is 4.74 Å². The Morgan fingerprint density at radius 3 is 2.82 bits per heavy atom. The van der Waals surface area contributed by atoms with Crippen LogP contribution in [0, 0.1) is 0 Å². The number of ether oxygens (including phenoxy) is 1. The molecule has 0 unspecified atom stereocenters. The van der Waals surface area contributed by atoms with Crippen LogP contribution < -0.4 is 4.74 Å². The molecule has 1 fully saturated rings. The van der Waals surface area contributed by atoms with Gasteiger partial charge in [0.1, 0.15) is 10.9 Å². The smallest absolute Gasteiger partial charge is 0.138 e. The Bertz CT molecular complexity index is 243. The third-order valence-corrected chi connectivity index (χ3v) is 1.75. The minimum Gasteiger partial charge on any atom is -0.489 e. The fraction of sp³-hybridized carbons (Fsp3) is 0.375. The average Bonchev–Trinajstić information content (AvgIpc) is 2.78. The molecule has 0 N–H and O–H groups in total. The van der Waals surface area contributed by atoms with E-state index in [-0.39, 0.29) is 0 Å². The molecule has 1 saturated carbocycles. The summed E-state index contributed by atoms with van der Waals surface area (Å²) in [5.41, 5.74) is 0. The molecule has 1 aromatic heterocycles. The molecule has 3 heteroatoms. The molecular weight excluding hydrogens is 162 g/mol. The third kappa shape index (κ3) is 1.84. The number of nitrogens with zero attached hydrogens (tertiary/aromatic N) is 1. The van der Waals surface area contributed by atoms with Crippen LogP contribution in [-0.2, 0) is 0 Å².